The summed E-state index contributed by atoms with van der Waals surface area (Å²) >= 11 is 0. The Kier molecular flexibility index (Phi) is 2.58. The van der Waals surface area contributed by atoms with Gasteiger partial charge in [-0.1, -0.05) is 0 Å². The fourth-order valence-electron chi connectivity index (χ4n) is 4.58. The van der Waals surface area contributed by atoms with Gasteiger partial charge in [-0.3, -0.25) is 9.35 Å². The van der Waals surface area contributed by atoms with Crippen molar-refractivity contribution in [3.05, 3.63) is 0 Å². The summed E-state index contributed by atoms with van der Waals surface area (Å²) < 4.78 is 65.9. The number of rotatable bonds is 3. The molecule has 1 heterocycles. The summed E-state index contributed by atoms with van der Waals surface area (Å²) in [5, 5.41) is -5.03. The summed E-state index contributed by atoms with van der Waals surface area (Å²) in [4.78, 5) is 23.2. The molecule has 0 spiro atoms. The molecule has 0 aromatic heterocycles. The highest BCUT2D eigenvalue weighted by Gasteiger charge is 2.73. The molecule has 4 fully saturated rings. The van der Waals surface area contributed by atoms with E-state index < -0.39 is 39.5 Å². The fourth-order valence-corrected chi connectivity index (χ4v) is 4.84. The number of carbonyl (C=O) groups is 2. The molecule has 7 nitrogen and oxygen atoms in total. The number of esters is 2. The lowest BCUT2D eigenvalue weighted by Gasteiger charge is -2.32. The average molecular weight is 338 g/mol. The second-order valence-corrected chi connectivity index (χ2v) is 7.86. The van der Waals surface area contributed by atoms with E-state index in [1.807, 2.05) is 0 Å². The second-order valence-electron chi connectivity index (χ2n) is 6.40. The van der Waals surface area contributed by atoms with Crippen LogP contribution in [0.25, 0.3) is 0 Å². The molecule has 0 aromatic rings. The van der Waals surface area contributed by atoms with Crippen molar-refractivity contribution in [1.82, 2.24) is 0 Å². The van der Waals surface area contributed by atoms with Crippen molar-refractivity contribution in [2.75, 3.05) is 0 Å². The summed E-state index contributed by atoms with van der Waals surface area (Å²) in [5.74, 6) is -2.34. The highest BCUT2D eigenvalue weighted by atomic mass is 32.2. The molecule has 7 atom stereocenters. The number of halogens is 2. The van der Waals surface area contributed by atoms with Crippen LogP contribution in [-0.4, -0.2) is 42.4 Å². The summed E-state index contributed by atoms with van der Waals surface area (Å²) in [6, 6.07) is 0. The number of alkyl halides is 2. The molecule has 122 valence electrons. The second kappa shape index (κ2) is 3.97. The van der Waals surface area contributed by atoms with Gasteiger partial charge in [0.05, 0.1) is 5.92 Å². The van der Waals surface area contributed by atoms with Crippen LogP contribution in [0.2, 0.25) is 0 Å². The summed E-state index contributed by atoms with van der Waals surface area (Å²) in [7, 11) is -5.91. The van der Waals surface area contributed by atoms with E-state index in [0.717, 1.165) is 6.42 Å². The molecular formula is C12H12F2O7S. The van der Waals surface area contributed by atoms with E-state index in [2.05, 4.69) is 4.74 Å². The minimum atomic E-state index is -5.91. The van der Waals surface area contributed by atoms with Crippen LogP contribution in [0.5, 0.6) is 0 Å². The van der Waals surface area contributed by atoms with Crippen LogP contribution in [-0.2, 0) is 29.2 Å². The maximum Gasteiger partial charge on any atom is 0.465 e. The maximum atomic E-state index is 13.3. The van der Waals surface area contributed by atoms with Crippen LogP contribution in [0.3, 0.4) is 0 Å². The highest BCUT2D eigenvalue weighted by Crippen LogP contribution is 2.70. The Balaban J connectivity index is 1.55. The van der Waals surface area contributed by atoms with Crippen LogP contribution in [0.15, 0.2) is 0 Å². The Hall–Kier alpha value is -1.29. The van der Waals surface area contributed by atoms with Crippen LogP contribution in [0.4, 0.5) is 8.78 Å². The summed E-state index contributed by atoms with van der Waals surface area (Å²) in [6.07, 6.45) is -0.904. The van der Waals surface area contributed by atoms with Crippen molar-refractivity contribution in [2.45, 2.75) is 30.3 Å². The SMILES string of the molecule is O=C1OC2C(OC(=O)C(F)(F)S(=O)(=O)O)CC3C4CC1C2C34. The number of ether oxygens (including phenoxy) is 2. The first-order chi connectivity index (χ1) is 10.1. The molecule has 1 aliphatic heterocycles. The number of hydrogen-bond acceptors (Lipinski definition) is 6. The van der Waals surface area contributed by atoms with Crippen molar-refractivity contribution in [3.63, 3.8) is 0 Å². The Bertz CT molecular complexity index is 675. The van der Waals surface area contributed by atoms with Crippen LogP contribution in [0.1, 0.15) is 12.8 Å². The smallest absolute Gasteiger partial charge is 0.458 e. The van der Waals surface area contributed by atoms with Gasteiger partial charge in [0, 0.05) is 5.92 Å². The van der Waals surface area contributed by atoms with Gasteiger partial charge >= 0.3 is 27.3 Å². The van der Waals surface area contributed by atoms with Crippen molar-refractivity contribution < 1.29 is 40.8 Å². The van der Waals surface area contributed by atoms with Crippen LogP contribution >= 0.6 is 0 Å². The normalized spacial score (nSPS) is 45.2. The minimum absolute atomic E-state index is 0.145. The number of carbonyl (C=O) groups excluding carboxylic acids is 2. The Morgan fingerprint density at radius 3 is 2.55 bits per heavy atom. The topological polar surface area (TPSA) is 107 Å². The third kappa shape index (κ3) is 1.65. The third-order valence-corrected chi connectivity index (χ3v) is 6.27. The standard InChI is InChI=1S/C12H12F2O7S/c13-12(14,22(17,18)19)11(16)20-6-2-4-3-1-5-8(7(3)4)9(6)21-10(5)15/h3-9H,1-2H2,(H,17,18,19). The number of hydrogen-bond donors (Lipinski definition) is 1. The zero-order valence-corrected chi connectivity index (χ0v) is 11.8. The van der Waals surface area contributed by atoms with Crippen molar-refractivity contribution in [3.8, 4) is 0 Å². The van der Waals surface area contributed by atoms with Gasteiger partial charge in [0.1, 0.15) is 12.2 Å². The number of fused-ring (bicyclic) bond motifs is 1. The zero-order chi connectivity index (χ0) is 16.0. The fraction of sp³-hybridized carbons (Fsp3) is 0.833. The molecule has 1 N–H and O–H groups in total. The molecule has 22 heavy (non-hydrogen) atoms. The van der Waals surface area contributed by atoms with E-state index in [9.17, 15) is 26.8 Å². The first-order valence-electron chi connectivity index (χ1n) is 6.89. The lowest BCUT2D eigenvalue weighted by atomic mass is 9.78. The maximum absolute atomic E-state index is 13.3. The molecular weight excluding hydrogens is 326 g/mol. The molecule has 0 bridgehead atoms. The predicted molar refractivity (Wildman–Crippen MR) is 62.9 cm³/mol. The van der Waals surface area contributed by atoms with Gasteiger partial charge < -0.3 is 9.47 Å². The minimum Gasteiger partial charge on any atom is -0.458 e. The van der Waals surface area contributed by atoms with Gasteiger partial charge in [-0.05, 0) is 30.6 Å². The van der Waals surface area contributed by atoms with E-state index in [0.29, 0.717) is 11.8 Å². The monoisotopic (exact) mass is 338 g/mol. The molecule has 4 aliphatic rings. The summed E-state index contributed by atoms with van der Waals surface area (Å²) in [6.45, 7) is 0. The first kappa shape index (κ1) is 14.3. The van der Waals surface area contributed by atoms with Gasteiger partial charge in [-0.2, -0.15) is 17.2 Å². The molecule has 4 rings (SSSR count). The van der Waals surface area contributed by atoms with E-state index in [-0.39, 0.29) is 24.2 Å². The van der Waals surface area contributed by atoms with E-state index in [1.165, 1.54) is 0 Å². The van der Waals surface area contributed by atoms with Crippen molar-refractivity contribution in [2.24, 2.45) is 29.6 Å². The molecule has 0 radical (unpaired) electrons. The van der Waals surface area contributed by atoms with Crippen LogP contribution < -0.4 is 0 Å². The van der Waals surface area contributed by atoms with Crippen molar-refractivity contribution >= 4 is 22.1 Å². The molecule has 7 unspecified atom stereocenters. The lowest BCUT2D eigenvalue weighted by Crippen LogP contribution is -2.46. The molecule has 0 amide bonds. The van der Waals surface area contributed by atoms with E-state index in [4.69, 9.17) is 9.29 Å². The van der Waals surface area contributed by atoms with E-state index >= 15 is 0 Å². The van der Waals surface area contributed by atoms with Gasteiger partial charge in [0.25, 0.3) is 0 Å². The van der Waals surface area contributed by atoms with Gasteiger partial charge in [0.2, 0.25) is 0 Å². The summed E-state index contributed by atoms with van der Waals surface area (Å²) in [5.41, 5.74) is 0. The van der Waals surface area contributed by atoms with Gasteiger partial charge in [-0.25, -0.2) is 4.79 Å². The highest BCUT2D eigenvalue weighted by molar-refractivity contribution is 7.87. The Labute approximate surface area is 123 Å². The quantitative estimate of drug-likeness (QED) is 0.579. The predicted octanol–water partition coefficient (Wildman–Crippen LogP) is 0.206. The molecule has 3 aliphatic carbocycles. The first-order valence-corrected chi connectivity index (χ1v) is 8.33. The Morgan fingerprint density at radius 1 is 1.27 bits per heavy atom. The molecule has 10 heteroatoms. The Morgan fingerprint density at radius 2 is 1.91 bits per heavy atom. The van der Waals surface area contributed by atoms with Crippen LogP contribution in [0, 0.1) is 29.6 Å². The molecule has 3 saturated carbocycles. The van der Waals surface area contributed by atoms with Gasteiger partial charge in [0.15, 0.2) is 0 Å². The molecule has 1 saturated heterocycles. The lowest BCUT2D eigenvalue weighted by molar-refractivity contribution is -0.179. The van der Waals surface area contributed by atoms with Crippen molar-refractivity contribution in [1.29, 1.82) is 0 Å². The average Bonchev–Trinajstić information content (AvgIpc) is 2.79. The van der Waals surface area contributed by atoms with E-state index in [1.54, 1.807) is 0 Å². The molecule has 0 aromatic carbocycles. The van der Waals surface area contributed by atoms with Gasteiger partial charge in [-0.15, -0.1) is 0 Å². The zero-order valence-electron chi connectivity index (χ0n) is 11.0. The third-order valence-electron chi connectivity index (χ3n) is 5.46. The largest absolute Gasteiger partial charge is 0.465 e.